The predicted octanol–water partition coefficient (Wildman–Crippen LogP) is 4.27. The molecule has 22 heavy (non-hydrogen) atoms. The number of anilines is 1. The first-order valence-electron chi connectivity index (χ1n) is 7.03. The van der Waals surface area contributed by atoms with Gasteiger partial charge in [-0.05, 0) is 29.0 Å². The highest BCUT2D eigenvalue weighted by molar-refractivity contribution is 7.99. The van der Waals surface area contributed by atoms with Gasteiger partial charge in [0.15, 0.2) is 5.16 Å². The third kappa shape index (κ3) is 3.72. The van der Waals surface area contributed by atoms with Crippen molar-refractivity contribution in [2.24, 2.45) is 0 Å². The molecular weight excluding hydrogens is 310 g/mol. The molecule has 2 N–H and O–H groups in total. The van der Waals surface area contributed by atoms with E-state index in [2.05, 4.69) is 52.4 Å². The van der Waals surface area contributed by atoms with Crippen LogP contribution >= 0.6 is 23.5 Å². The van der Waals surface area contributed by atoms with Crippen molar-refractivity contribution in [1.29, 1.82) is 0 Å². The summed E-state index contributed by atoms with van der Waals surface area (Å²) >= 11 is 3.23. The zero-order chi connectivity index (χ0) is 15.4. The van der Waals surface area contributed by atoms with Crippen LogP contribution in [0.25, 0.3) is 10.8 Å². The first kappa shape index (κ1) is 15.2. The van der Waals surface area contributed by atoms with Gasteiger partial charge in [0, 0.05) is 11.8 Å². The first-order chi connectivity index (χ1) is 10.7. The Labute approximate surface area is 138 Å². The van der Waals surface area contributed by atoms with E-state index >= 15 is 0 Å². The van der Waals surface area contributed by atoms with Gasteiger partial charge in [0.05, 0.1) is 0 Å². The van der Waals surface area contributed by atoms with Crippen LogP contribution in [0, 0.1) is 0 Å². The normalized spacial score (nSPS) is 11.0. The highest BCUT2D eigenvalue weighted by atomic mass is 32.2. The van der Waals surface area contributed by atoms with Crippen LogP contribution in [0.5, 0.6) is 0 Å². The van der Waals surface area contributed by atoms with Gasteiger partial charge in [0.25, 0.3) is 0 Å². The maximum atomic E-state index is 5.80. The van der Waals surface area contributed by atoms with E-state index in [4.69, 9.17) is 5.73 Å². The molecule has 0 spiro atoms. The van der Waals surface area contributed by atoms with Crippen molar-refractivity contribution in [3.8, 4) is 0 Å². The van der Waals surface area contributed by atoms with Crippen LogP contribution in [0.1, 0.15) is 5.56 Å². The topological polar surface area (TPSA) is 51.8 Å². The summed E-state index contributed by atoms with van der Waals surface area (Å²) in [4.78, 5) is 8.75. The smallest absolute Gasteiger partial charge is 0.190 e. The van der Waals surface area contributed by atoms with Gasteiger partial charge in [-0.2, -0.15) is 0 Å². The lowest BCUT2D eigenvalue weighted by Crippen LogP contribution is -1.97. The van der Waals surface area contributed by atoms with Crippen LogP contribution in [0.4, 0.5) is 5.82 Å². The molecule has 0 amide bonds. The molecule has 0 saturated heterocycles. The van der Waals surface area contributed by atoms with Gasteiger partial charge in [0.2, 0.25) is 0 Å². The second kappa shape index (κ2) is 7.03. The number of hydrogen-bond acceptors (Lipinski definition) is 5. The fourth-order valence-corrected chi connectivity index (χ4v) is 3.57. The Balaban J connectivity index is 1.65. The third-order valence-electron chi connectivity index (χ3n) is 3.35. The van der Waals surface area contributed by atoms with Gasteiger partial charge in [-0.15, -0.1) is 11.8 Å². The number of aromatic nitrogens is 2. The molecule has 0 aliphatic rings. The van der Waals surface area contributed by atoms with Crippen molar-refractivity contribution in [2.75, 3.05) is 17.7 Å². The number of aryl methyl sites for hydroxylation is 1. The van der Waals surface area contributed by atoms with E-state index in [1.54, 1.807) is 29.6 Å². The number of benzene rings is 2. The van der Waals surface area contributed by atoms with Gasteiger partial charge >= 0.3 is 0 Å². The molecule has 5 heteroatoms. The van der Waals surface area contributed by atoms with Gasteiger partial charge in [-0.1, -0.05) is 54.2 Å². The summed E-state index contributed by atoms with van der Waals surface area (Å²) < 4.78 is 0. The maximum Gasteiger partial charge on any atom is 0.190 e. The second-order valence-corrected chi connectivity index (χ2v) is 6.79. The van der Waals surface area contributed by atoms with Gasteiger partial charge in [0.1, 0.15) is 10.8 Å². The number of hydrogen-bond donors (Lipinski definition) is 1. The SMILES string of the molecule is CSc1cc(N)nc(SCCc2ccc3ccccc3c2)n1. The first-order valence-corrected chi connectivity index (χ1v) is 9.24. The van der Waals surface area contributed by atoms with E-state index in [9.17, 15) is 0 Å². The molecule has 112 valence electrons. The van der Waals surface area contributed by atoms with Crippen molar-refractivity contribution < 1.29 is 0 Å². The Kier molecular flexibility index (Phi) is 4.85. The molecule has 0 radical (unpaired) electrons. The molecule has 3 rings (SSSR count). The van der Waals surface area contributed by atoms with Gasteiger partial charge in [-0.3, -0.25) is 0 Å². The Hall–Kier alpha value is -1.72. The minimum atomic E-state index is 0.535. The Bertz CT molecular complexity index is 790. The number of thioether (sulfide) groups is 2. The summed E-state index contributed by atoms with van der Waals surface area (Å²) in [5.41, 5.74) is 7.14. The molecule has 0 unspecified atom stereocenters. The minimum absolute atomic E-state index is 0.535. The van der Waals surface area contributed by atoms with Gasteiger partial charge < -0.3 is 5.73 Å². The van der Waals surface area contributed by atoms with Crippen LogP contribution in [-0.4, -0.2) is 22.0 Å². The highest BCUT2D eigenvalue weighted by Gasteiger charge is 2.04. The summed E-state index contributed by atoms with van der Waals surface area (Å²) in [5, 5.41) is 4.24. The highest BCUT2D eigenvalue weighted by Crippen LogP contribution is 2.22. The van der Waals surface area contributed by atoms with Crippen molar-refractivity contribution in [1.82, 2.24) is 9.97 Å². The molecule has 0 bridgehead atoms. The van der Waals surface area contributed by atoms with Gasteiger partial charge in [-0.25, -0.2) is 9.97 Å². The quantitative estimate of drug-likeness (QED) is 0.431. The minimum Gasteiger partial charge on any atom is -0.384 e. The molecule has 1 aromatic heterocycles. The summed E-state index contributed by atoms with van der Waals surface area (Å²) in [6.45, 7) is 0. The lowest BCUT2D eigenvalue weighted by molar-refractivity contribution is 0.899. The largest absolute Gasteiger partial charge is 0.384 e. The summed E-state index contributed by atoms with van der Waals surface area (Å²) in [7, 11) is 0. The fraction of sp³-hybridized carbons (Fsp3) is 0.176. The van der Waals surface area contributed by atoms with Crippen molar-refractivity contribution in [2.45, 2.75) is 16.6 Å². The van der Waals surface area contributed by atoms with E-state index in [1.807, 2.05) is 6.26 Å². The molecule has 3 nitrogen and oxygen atoms in total. The maximum absolute atomic E-state index is 5.80. The zero-order valence-corrected chi connectivity index (χ0v) is 14.0. The van der Waals surface area contributed by atoms with Crippen molar-refractivity contribution in [3.63, 3.8) is 0 Å². The van der Waals surface area contributed by atoms with Crippen LogP contribution in [-0.2, 0) is 6.42 Å². The summed E-state index contributed by atoms with van der Waals surface area (Å²) in [6.07, 6.45) is 2.98. The molecule has 1 heterocycles. The number of nitrogens with zero attached hydrogens (tertiary/aromatic N) is 2. The molecule has 0 aliphatic carbocycles. The molecule has 0 aliphatic heterocycles. The van der Waals surface area contributed by atoms with E-state index in [0.717, 1.165) is 22.4 Å². The molecule has 0 saturated carbocycles. The van der Waals surface area contributed by atoms with Crippen LogP contribution in [0.3, 0.4) is 0 Å². The number of fused-ring (bicyclic) bond motifs is 1. The Morgan fingerprint density at radius 2 is 1.82 bits per heavy atom. The molecule has 3 aromatic rings. The lowest BCUT2D eigenvalue weighted by atomic mass is 10.1. The molecule has 0 atom stereocenters. The van der Waals surface area contributed by atoms with Crippen molar-refractivity contribution in [3.05, 3.63) is 54.1 Å². The monoisotopic (exact) mass is 327 g/mol. The lowest BCUT2D eigenvalue weighted by Gasteiger charge is -2.05. The number of nitrogens with two attached hydrogens (primary N) is 1. The van der Waals surface area contributed by atoms with Crippen LogP contribution in [0.15, 0.2) is 58.7 Å². The fourth-order valence-electron chi connectivity index (χ4n) is 2.24. The zero-order valence-electron chi connectivity index (χ0n) is 12.3. The van der Waals surface area contributed by atoms with E-state index in [0.29, 0.717) is 5.82 Å². The average molecular weight is 327 g/mol. The predicted molar refractivity (Wildman–Crippen MR) is 96.6 cm³/mol. The van der Waals surface area contributed by atoms with Crippen LogP contribution < -0.4 is 5.73 Å². The second-order valence-electron chi connectivity index (χ2n) is 4.90. The van der Waals surface area contributed by atoms with Crippen LogP contribution in [0.2, 0.25) is 0 Å². The number of rotatable bonds is 5. The Morgan fingerprint density at radius 1 is 1.00 bits per heavy atom. The van der Waals surface area contributed by atoms with E-state index < -0.39 is 0 Å². The average Bonchev–Trinajstić information content (AvgIpc) is 2.54. The molecular formula is C17H17N3S2. The summed E-state index contributed by atoms with van der Waals surface area (Å²) in [5.74, 6) is 1.47. The van der Waals surface area contributed by atoms with Crippen molar-refractivity contribution >= 4 is 40.1 Å². The third-order valence-corrected chi connectivity index (χ3v) is 4.82. The standard InChI is InChI=1S/C17H17N3S2/c1-21-16-11-15(18)19-17(20-16)22-9-8-12-6-7-13-4-2-3-5-14(13)10-12/h2-7,10-11H,8-9H2,1H3,(H2,18,19,20). The Morgan fingerprint density at radius 3 is 2.64 bits per heavy atom. The number of nitrogen functional groups attached to an aromatic ring is 1. The van der Waals surface area contributed by atoms with E-state index in [1.165, 1.54) is 16.3 Å². The molecule has 0 fully saturated rings. The summed E-state index contributed by atoms with van der Waals surface area (Å²) in [6, 6.07) is 16.9. The van der Waals surface area contributed by atoms with E-state index in [-0.39, 0.29) is 0 Å². The molecule has 2 aromatic carbocycles.